The van der Waals surface area contributed by atoms with Crippen LogP contribution < -0.4 is 10.6 Å². The predicted octanol–water partition coefficient (Wildman–Crippen LogP) is 2.79. The van der Waals surface area contributed by atoms with Gasteiger partial charge in [-0.15, -0.1) is 12.4 Å². The van der Waals surface area contributed by atoms with E-state index in [1.165, 1.54) is 18.2 Å². The largest absolute Gasteiger partial charge is 0.465 e. The fourth-order valence-corrected chi connectivity index (χ4v) is 3.06. The summed E-state index contributed by atoms with van der Waals surface area (Å²) in [5, 5.41) is 6.33. The molecule has 26 heavy (non-hydrogen) atoms. The summed E-state index contributed by atoms with van der Waals surface area (Å²) in [7, 11) is 1.36. The van der Waals surface area contributed by atoms with Gasteiger partial charge in [0, 0.05) is 6.54 Å². The second-order valence-corrected chi connectivity index (χ2v) is 6.25. The van der Waals surface area contributed by atoms with Crippen molar-refractivity contribution in [2.75, 3.05) is 7.11 Å². The molecule has 138 valence electrons. The van der Waals surface area contributed by atoms with Gasteiger partial charge in [0.05, 0.1) is 24.8 Å². The molecule has 0 saturated carbocycles. The van der Waals surface area contributed by atoms with Crippen molar-refractivity contribution in [3.8, 4) is 0 Å². The van der Waals surface area contributed by atoms with Crippen LogP contribution in [0.1, 0.15) is 40.0 Å². The lowest BCUT2D eigenvalue weighted by atomic mass is 9.95. The van der Waals surface area contributed by atoms with Crippen molar-refractivity contribution < 1.29 is 14.3 Å². The Morgan fingerprint density at radius 2 is 1.77 bits per heavy atom. The number of rotatable bonds is 4. The SMILES string of the molecule is COC(=O)c1ccc([C@H](C)NC(=O)[C@H]2Cc3ccccc3CN2)cc1.Cl. The van der Waals surface area contributed by atoms with Crippen LogP contribution in [-0.2, 0) is 22.5 Å². The molecule has 2 N–H and O–H groups in total. The number of carbonyl (C=O) groups excluding carboxylic acids is 2. The molecule has 2 atom stereocenters. The number of esters is 1. The number of methoxy groups -OCH3 is 1. The molecule has 2 aromatic rings. The molecule has 0 spiro atoms. The summed E-state index contributed by atoms with van der Waals surface area (Å²) in [6.45, 7) is 2.64. The minimum absolute atomic E-state index is 0. The normalized spacial score (nSPS) is 16.6. The first-order chi connectivity index (χ1) is 12.1. The van der Waals surface area contributed by atoms with E-state index in [1.807, 2.05) is 31.2 Å². The summed E-state index contributed by atoms with van der Waals surface area (Å²) in [4.78, 5) is 24.0. The Labute approximate surface area is 159 Å². The summed E-state index contributed by atoms with van der Waals surface area (Å²) >= 11 is 0. The zero-order chi connectivity index (χ0) is 17.8. The fraction of sp³-hybridized carbons (Fsp3) is 0.300. The summed E-state index contributed by atoms with van der Waals surface area (Å²) < 4.78 is 4.69. The number of carbonyl (C=O) groups is 2. The molecule has 3 rings (SSSR count). The fourth-order valence-electron chi connectivity index (χ4n) is 3.06. The maximum Gasteiger partial charge on any atom is 0.337 e. The molecule has 5 nitrogen and oxygen atoms in total. The van der Waals surface area contributed by atoms with Crippen molar-refractivity contribution in [2.45, 2.75) is 32.0 Å². The second-order valence-electron chi connectivity index (χ2n) is 6.25. The molecular formula is C20H23ClN2O3. The Balaban J connectivity index is 0.00000243. The van der Waals surface area contributed by atoms with Gasteiger partial charge in [0.25, 0.3) is 0 Å². The van der Waals surface area contributed by atoms with E-state index in [9.17, 15) is 9.59 Å². The Morgan fingerprint density at radius 1 is 1.12 bits per heavy atom. The molecule has 1 aliphatic heterocycles. The quantitative estimate of drug-likeness (QED) is 0.807. The summed E-state index contributed by atoms with van der Waals surface area (Å²) in [6, 6.07) is 14.9. The van der Waals surface area contributed by atoms with Gasteiger partial charge in [0.15, 0.2) is 0 Å². The van der Waals surface area contributed by atoms with Gasteiger partial charge in [-0.05, 0) is 42.2 Å². The van der Waals surface area contributed by atoms with Gasteiger partial charge in [-0.25, -0.2) is 4.79 Å². The van der Waals surface area contributed by atoms with E-state index in [0.29, 0.717) is 18.5 Å². The summed E-state index contributed by atoms with van der Waals surface area (Å²) in [5.41, 5.74) is 3.90. The Bertz CT molecular complexity index is 777. The van der Waals surface area contributed by atoms with E-state index in [0.717, 1.165) is 5.56 Å². The van der Waals surface area contributed by atoms with Crippen LogP contribution in [0.4, 0.5) is 0 Å². The van der Waals surface area contributed by atoms with E-state index in [-0.39, 0.29) is 36.4 Å². The van der Waals surface area contributed by atoms with Crippen LogP contribution in [0.3, 0.4) is 0 Å². The van der Waals surface area contributed by atoms with Crippen LogP contribution in [0.15, 0.2) is 48.5 Å². The highest BCUT2D eigenvalue weighted by atomic mass is 35.5. The number of nitrogens with one attached hydrogen (secondary N) is 2. The highest BCUT2D eigenvalue weighted by Crippen LogP contribution is 2.18. The molecule has 0 unspecified atom stereocenters. The third kappa shape index (κ3) is 4.42. The third-order valence-corrected chi connectivity index (χ3v) is 4.59. The predicted molar refractivity (Wildman–Crippen MR) is 102 cm³/mol. The molecule has 1 amide bonds. The molecule has 0 saturated heterocycles. The molecule has 1 heterocycles. The number of amides is 1. The monoisotopic (exact) mass is 374 g/mol. The molecule has 0 aliphatic carbocycles. The molecule has 0 radical (unpaired) electrons. The van der Waals surface area contributed by atoms with Crippen molar-refractivity contribution in [3.63, 3.8) is 0 Å². The molecule has 0 fully saturated rings. The average Bonchev–Trinajstić information content (AvgIpc) is 2.67. The number of hydrogen-bond acceptors (Lipinski definition) is 4. The van der Waals surface area contributed by atoms with E-state index in [1.54, 1.807) is 12.1 Å². The first-order valence-corrected chi connectivity index (χ1v) is 8.37. The van der Waals surface area contributed by atoms with E-state index < -0.39 is 0 Å². The minimum Gasteiger partial charge on any atom is -0.465 e. The molecule has 6 heteroatoms. The van der Waals surface area contributed by atoms with Crippen molar-refractivity contribution in [1.82, 2.24) is 10.6 Å². The molecule has 0 bridgehead atoms. The first kappa shape index (κ1) is 19.9. The number of benzene rings is 2. The first-order valence-electron chi connectivity index (χ1n) is 8.37. The van der Waals surface area contributed by atoms with Crippen LogP contribution in [0, 0.1) is 0 Å². The summed E-state index contributed by atoms with van der Waals surface area (Å²) in [5.74, 6) is -0.382. The lowest BCUT2D eigenvalue weighted by Gasteiger charge is -2.26. The van der Waals surface area contributed by atoms with Gasteiger partial charge in [-0.3, -0.25) is 4.79 Å². The van der Waals surface area contributed by atoms with Crippen molar-refractivity contribution in [2.24, 2.45) is 0 Å². The number of ether oxygens (including phenoxy) is 1. The Hall–Kier alpha value is -2.37. The highest BCUT2D eigenvalue weighted by Gasteiger charge is 2.25. The Morgan fingerprint density at radius 3 is 2.42 bits per heavy atom. The van der Waals surface area contributed by atoms with Crippen molar-refractivity contribution >= 4 is 24.3 Å². The zero-order valence-corrected chi connectivity index (χ0v) is 15.6. The topological polar surface area (TPSA) is 67.4 Å². The third-order valence-electron chi connectivity index (χ3n) is 4.59. The van der Waals surface area contributed by atoms with Gasteiger partial charge in [0.1, 0.15) is 0 Å². The average molecular weight is 375 g/mol. The Kier molecular flexibility index (Phi) is 6.77. The lowest BCUT2D eigenvalue weighted by Crippen LogP contribution is -2.48. The van der Waals surface area contributed by atoms with Gasteiger partial charge in [-0.1, -0.05) is 36.4 Å². The number of hydrogen-bond donors (Lipinski definition) is 2. The van der Waals surface area contributed by atoms with Gasteiger partial charge >= 0.3 is 5.97 Å². The number of fused-ring (bicyclic) bond motifs is 1. The van der Waals surface area contributed by atoms with Crippen molar-refractivity contribution in [1.29, 1.82) is 0 Å². The van der Waals surface area contributed by atoms with Gasteiger partial charge in [0.2, 0.25) is 5.91 Å². The van der Waals surface area contributed by atoms with Gasteiger partial charge in [-0.2, -0.15) is 0 Å². The van der Waals surface area contributed by atoms with Crippen LogP contribution in [0.2, 0.25) is 0 Å². The van der Waals surface area contributed by atoms with Crippen LogP contribution in [0.25, 0.3) is 0 Å². The van der Waals surface area contributed by atoms with E-state index >= 15 is 0 Å². The maximum atomic E-state index is 12.6. The molecular weight excluding hydrogens is 352 g/mol. The molecule has 0 aromatic heterocycles. The smallest absolute Gasteiger partial charge is 0.337 e. The number of halogens is 1. The zero-order valence-electron chi connectivity index (χ0n) is 14.8. The van der Waals surface area contributed by atoms with E-state index in [4.69, 9.17) is 4.74 Å². The molecule has 1 aliphatic rings. The van der Waals surface area contributed by atoms with Crippen molar-refractivity contribution in [3.05, 3.63) is 70.8 Å². The maximum absolute atomic E-state index is 12.6. The summed E-state index contributed by atoms with van der Waals surface area (Å²) in [6.07, 6.45) is 0.690. The second kappa shape index (κ2) is 8.83. The minimum atomic E-state index is -0.367. The highest BCUT2D eigenvalue weighted by molar-refractivity contribution is 5.89. The molecule has 2 aromatic carbocycles. The van der Waals surface area contributed by atoms with E-state index in [2.05, 4.69) is 22.8 Å². The standard InChI is InChI=1S/C20H22N2O3.ClH/c1-13(14-7-9-15(10-8-14)20(24)25-2)22-19(23)18-11-16-5-3-4-6-17(16)12-21-18;/h3-10,13,18,21H,11-12H2,1-2H3,(H,22,23);1H/t13-,18+;/m0./s1. The van der Waals surface area contributed by atoms with Crippen LogP contribution in [-0.4, -0.2) is 25.0 Å². The lowest BCUT2D eigenvalue weighted by molar-refractivity contribution is -0.124. The van der Waals surface area contributed by atoms with Gasteiger partial charge < -0.3 is 15.4 Å². The van der Waals surface area contributed by atoms with Crippen LogP contribution in [0.5, 0.6) is 0 Å². The van der Waals surface area contributed by atoms with Crippen LogP contribution >= 0.6 is 12.4 Å².